The van der Waals surface area contributed by atoms with Crippen LogP contribution in [0, 0.1) is 15.9 Å². The minimum absolute atomic E-state index is 0.296. The molecule has 1 aliphatic heterocycles. The standard InChI is InChI=1S/C19H20FN3O5/c1-13(28-18-12-14(20)2-7-17(18)23(25)26)19(24)21-15-3-5-16(6-4-15)22-8-10-27-11-9-22/h2-7,12-13H,8-11H2,1H3,(H,21,24)/t13-/m1/s1. The van der Waals surface area contributed by atoms with E-state index in [9.17, 15) is 19.3 Å². The van der Waals surface area contributed by atoms with E-state index < -0.39 is 28.4 Å². The number of benzene rings is 2. The van der Waals surface area contributed by atoms with Crippen molar-refractivity contribution in [1.82, 2.24) is 0 Å². The number of hydrogen-bond acceptors (Lipinski definition) is 6. The molecule has 2 aromatic rings. The van der Waals surface area contributed by atoms with E-state index in [0.29, 0.717) is 18.9 Å². The van der Waals surface area contributed by atoms with Crippen molar-refractivity contribution in [2.75, 3.05) is 36.5 Å². The Bertz CT molecular complexity index is 853. The lowest BCUT2D eigenvalue weighted by Gasteiger charge is -2.28. The quantitative estimate of drug-likeness (QED) is 0.603. The van der Waals surface area contributed by atoms with Crippen LogP contribution < -0.4 is 15.0 Å². The molecule has 148 valence electrons. The Balaban J connectivity index is 1.63. The fourth-order valence-corrected chi connectivity index (χ4v) is 2.80. The van der Waals surface area contributed by atoms with Crippen LogP contribution in [0.25, 0.3) is 0 Å². The third kappa shape index (κ3) is 4.74. The van der Waals surface area contributed by atoms with E-state index in [1.165, 1.54) is 6.92 Å². The van der Waals surface area contributed by atoms with Crippen LogP contribution >= 0.6 is 0 Å². The van der Waals surface area contributed by atoms with Gasteiger partial charge in [-0.2, -0.15) is 0 Å². The number of nitro benzene ring substituents is 1. The monoisotopic (exact) mass is 389 g/mol. The number of halogens is 1. The molecule has 3 rings (SSSR count). The van der Waals surface area contributed by atoms with Crippen LogP contribution in [0.2, 0.25) is 0 Å². The molecule has 2 aromatic carbocycles. The second kappa shape index (κ2) is 8.66. The third-order valence-corrected chi connectivity index (χ3v) is 4.30. The van der Waals surface area contributed by atoms with E-state index in [1.807, 2.05) is 12.1 Å². The van der Waals surface area contributed by atoms with Gasteiger partial charge in [-0.1, -0.05) is 0 Å². The minimum Gasteiger partial charge on any atom is -0.474 e. The first kappa shape index (κ1) is 19.6. The minimum atomic E-state index is -1.06. The topological polar surface area (TPSA) is 93.9 Å². The van der Waals surface area contributed by atoms with Gasteiger partial charge in [-0.05, 0) is 37.3 Å². The molecule has 1 saturated heterocycles. The van der Waals surface area contributed by atoms with E-state index in [-0.39, 0.29) is 5.75 Å². The Labute approximate surface area is 161 Å². The summed E-state index contributed by atoms with van der Waals surface area (Å²) in [6.07, 6.45) is -1.06. The number of hydrogen-bond donors (Lipinski definition) is 1. The maximum atomic E-state index is 13.4. The van der Waals surface area contributed by atoms with Gasteiger partial charge in [-0.3, -0.25) is 14.9 Å². The Hall–Kier alpha value is -3.20. The van der Waals surface area contributed by atoms with Gasteiger partial charge in [0.1, 0.15) is 5.82 Å². The van der Waals surface area contributed by atoms with Gasteiger partial charge in [-0.15, -0.1) is 0 Å². The zero-order chi connectivity index (χ0) is 20.1. The van der Waals surface area contributed by atoms with E-state index in [0.717, 1.165) is 37.0 Å². The summed E-state index contributed by atoms with van der Waals surface area (Å²) in [6, 6.07) is 10.2. The zero-order valence-electron chi connectivity index (χ0n) is 15.3. The molecule has 9 heteroatoms. The molecule has 0 unspecified atom stereocenters. The van der Waals surface area contributed by atoms with Gasteiger partial charge < -0.3 is 19.7 Å². The number of nitro groups is 1. The van der Waals surface area contributed by atoms with Crippen molar-refractivity contribution < 1.29 is 23.6 Å². The van der Waals surface area contributed by atoms with E-state index in [4.69, 9.17) is 9.47 Å². The van der Waals surface area contributed by atoms with Crippen LogP contribution in [-0.4, -0.2) is 43.2 Å². The summed E-state index contributed by atoms with van der Waals surface area (Å²) >= 11 is 0. The maximum absolute atomic E-state index is 13.4. The lowest BCUT2D eigenvalue weighted by Crippen LogP contribution is -2.36. The molecule has 0 bridgehead atoms. The number of carbonyl (C=O) groups is 1. The molecule has 1 atom stereocenters. The molecule has 0 spiro atoms. The summed E-state index contributed by atoms with van der Waals surface area (Å²) in [4.78, 5) is 24.9. The van der Waals surface area contributed by atoms with Crippen LogP contribution in [-0.2, 0) is 9.53 Å². The van der Waals surface area contributed by atoms with Crippen LogP contribution in [0.4, 0.5) is 21.5 Å². The Morgan fingerprint density at radius 1 is 1.25 bits per heavy atom. The normalized spacial score (nSPS) is 15.0. The SMILES string of the molecule is C[C@@H](Oc1cc(F)ccc1[N+](=O)[O-])C(=O)Nc1ccc(N2CCOCC2)cc1. The molecule has 1 heterocycles. The summed E-state index contributed by atoms with van der Waals surface area (Å²) < 4.78 is 24.0. The largest absolute Gasteiger partial charge is 0.474 e. The van der Waals surface area contributed by atoms with Crippen molar-refractivity contribution in [3.8, 4) is 5.75 Å². The number of rotatable bonds is 6. The molecular weight excluding hydrogens is 369 g/mol. The van der Waals surface area contributed by atoms with Gasteiger partial charge in [0, 0.05) is 36.6 Å². The number of anilines is 2. The molecule has 8 nitrogen and oxygen atoms in total. The average molecular weight is 389 g/mol. The number of nitrogens with one attached hydrogen (secondary N) is 1. The molecule has 0 aromatic heterocycles. The third-order valence-electron chi connectivity index (χ3n) is 4.30. The van der Waals surface area contributed by atoms with Crippen molar-refractivity contribution in [1.29, 1.82) is 0 Å². The molecular formula is C19H20FN3O5. The van der Waals surface area contributed by atoms with Crippen molar-refractivity contribution in [2.45, 2.75) is 13.0 Å². The van der Waals surface area contributed by atoms with Crippen LogP contribution in [0.5, 0.6) is 5.75 Å². The van der Waals surface area contributed by atoms with Crippen LogP contribution in [0.3, 0.4) is 0 Å². The predicted molar refractivity (Wildman–Crippen MR) is 101 cm³/mol. The smallest absolute Gasteiger partial charge is 0.311 e. The highest BCUT2D eigenvalue weighted by atomic mass is 19.1. The summed E-state index contributed by atoms with van der Waals surface area (Å²) in [5.74, 6) is -1.49. The molecule has 1 amide bonds. The molecule has 1 aliphatic rings. The second-order valence-electron chi connectivity index (χ2n) is 6.26. The number of carbonyl (C=O) groups excluding carboxylic acids is 1. The van der Waals surface area contributed by atoms with Crippen molar-refractivity contribution >= 4 is 23.0 Å². The molecule has 28 heavy (non-hydrogen) atoms. The first-order valence-electron chi connectivity index (χ1n) is 8.78. The lowest BCUT2D eigenvalue weighted by molar-refractivity contribution is -0.386. The van der Waals surface area contributed by atoms with E-state index in [1.54, 1.807) is 12.1 Å². The zero-order valence-corrected chi connectivity index (χ0v) is 15.3. The first-order valence-corrected chi connectivity index (χ1v) is 8.78. The van der Waals surface area contributed by atoms with Gasteiger partial charge in [0.05, 0.1) is 18.1 Å². The lowest BCUT2D eigenvalue weighted by atomic mass is 10.2. The summed E-state index contributed by atoms with van der Waals surface area (Å²) in [6.45, 7) is 4.41. The first-order chi connectivity index (χ1) is 13.4. The van der Waals surface area contributed by atoms with E-state index >= 15 is 0 Å². The van der Waals surface area contributed by atoms with Gasteiger partial charge in [0.15, 0.2) is 6.10 Å². The number of amides is 1. The molecule has 0 saturated carbocycles. The summed E-state index contributed by atoms with van der Waals surface area (Å²) in [5.41, 5.74) is 1.18. The number of morpholine rings is 1. The molecule has 0 aliphatic carbocycles. The second-order valence-corrected chi connectivity index (χ2v) is 6.26. The van der Waals surface area contributed by atoms with Gasteiger partial charge in [0.25, 0.3) is 5.91 Å². The molecule has 0 radical (unpaired) electrons. The van der Waals surface area contributed by atoms with E-state index in [2.05, 4.69) is 10.2 Å². The summed E-state index contributed by atoms with van der Waals surface area (Å²) in [7, 11) is 0. The number of nitrogens with zero attached hydrogens (tertiary/aromatic N) is 2. The van der Waals surface area contributed by atoms with Gasteiger partial charge in [-0.25, -0.2) is 4.39 Å². The van der Waals surface area contributed by atoms with Crippen molar-refractivity contribution in [2.24, 2.45) is 0 Å². The van der Waals surface area contributed by atoms with Gasteiger partial charge in [0.2, 0.25) is 5.75 Å². The van der Waals surface area contributed by atoms with Crippen LogP contribution in [0.15, 0.2) is 42.5 Å². The highest BCUT2D eigenvalue weighted by Crippen LogP contribution is 2.28. The highest BCUT2D eigenvalue weighted by molar-refractivity contribution is 5.94. The maximum Gasteiger partial charge on any atom is 0.311 e. The van der Waals surface area contributed by atoms with Crippen molar-refractivity contribution in [3.05, 3.63) is 58.4 Å². The molecule has 1 N–H and O–H groups in total. The van der Waals surface area contributed by atoms with Crippen molar-refractivity contribution in [3.63, 3.8) is 0 Å². The predicted octanol–water partition coefficient (Wildman–Crippen LogP) is 2.98. The Kier molecular flexibility index (Phi) is 6.05. The Morgan fingerprint density at radius 3 is 2.57 bits per heavy atom. The summed E-state index contributed by atoms with van der Waals surface area (Å²) in [5, 5.41) is 13.7. The Morgan fingerprint density at radius 2 is 1.93 bits per heavy atom. The highest BCUT2D eigenvalue weighted by Gasteiger charge is 2.22. The van der Waals surface area contributed by atoms with Gasteiger partial charge >= 0.3 is 5.69 Å². The van der Waals surface area contributed by atoms with Crippen LogP contribution in [0.1, 0.15) is 6.92 Å². The fourth-order valence-electron chi connectivity index (χ4n) is 2.80. The fraction of sp³-hybridized carbons (Fsp3) is 0.316. The molecule has 1 fully saturated rings. The average Bonchev–Trinajstić information content (AvgIpc) is 2.69. The number of ether oxygens (including phenoxy) is 2.